The van der Waals surface area contributed by atoms with Gasteiger partial charge in [-0.25, -0.2) is 4.90 Å². The Morgan fingerprint density at radius 2 is 1.36 bits per heavy atom. The second kappa shape index (κ2) is 3.61. The molecule has 4 heteroatoms. The van der Waals surface area contributed by atoms with Gasteiger partial charge in [-0.1, -0.05) is 6.08 Å². The molecule has 25 heavy (non-hydrogen) atoms. The average Bonchev–Trinajstić information content (AvgIpc) is 3.38. The Labute approximate surface area is 147 Å². The second-order valence-electron chi connectivity index (χ2n) is 8.94. The monoisotopic (exact) mass is 330 g/mol. The molecule has 0 N–H and O–H groups in total. The van der Waals surface area contributed by atoms with Crippen LogP contribution >= 0.6 is 0 Å². The van der Waals surface area contributed by atoms with Gasteiger partial charge in [0.15, 0.2) is 0 Å². The van der Waals surface area contributed by atoms with Gasteiger partial charge in [0.2, 0.25) is 0 Å². The van der Waals surface area contributed by atoms with Crippen molar-refractivity contribution in [3.8, 4) is 0 Å². The lowest BCUT2D eigenvalue weighted by Crippen LogP contribution is -2.77. The lowest BCUT2D eigenvalue weighted by atomic mass is 9.96. The van der Waals surface area contributed by atoms with Gasteiger partial charge in [0.05, 0.1) is 0 Å². The maximum absolute atomic E-state index is 2.95. The molecule has 0 aliphatic carbocycles. The first-order valence-electron chi connectivity index (χ1n) is 10.0. The van der Waals surface area contributed by atoms with Crippen molar-refractivity contribution in [2.24, 2.45) is 0 Å². The molecule has 1 spiro atoms. The lowest BCUT2D eigenvalue weighted by molar-refractivity contribution is -0.207. The molecule has 0 saturated carbocycles. The van der Waals surface area contributed by atoms with E-state index in [4.69, 9.17) is 0 Å². The summed E-state index contributed by atoms with van der Waals surface area (Å²) in [5.41, 5.74) is 7.80. The van der Waals surface area contributed by atoms with E-state index in [1.807, 2.05) is 0 Å². The molecule has 8 rings (SSSR count). The van der Waals surface area contributed by atoms with E-state index in [1.54, 1.807) is 22.8 Å². The highest BCUT2D eigenvalue weighted by atomic mass is 15.7. The lowest BCUT2D eigenvalue weighted by Gasteiger charge is -2.65. The van der Waals surface area contributed by atoms with Crippen molar-refractivity contribution in [1.82, 2.24) is 18.9 Å². The zero-order valence-corrected chi connectivity index (χ0v) is 14.4. The first-order valence-corrected chi connectivity index (χ1v) is 10.0. The maximum atomic E-state index is 2.95. The number of hydrogen-bond donors (Lipinski definition) is 0. The van der Waals surface area contributed by atoms with E-state index in [2.05, 4.69) is 49.3 Å². The summed E-state index contributed by atoms with van der Waals surface area (Å²) in [5.74, 6) is -0.103. The van der Waals surface area contributed by atoms with E-state index in [1.165, 1.54) is 44.2 Å². The molecule has 0 bridgehead atoms. The third-order valence-corrected chi connectivity index (χ3v) is 7.97. The minimum Gasteiger partial charge on any atom is -0.318 e. The Balaban J connectivity index is 1.60. The topological polar surface area (TPSA) is 16.3 Å². The summed E-state index contributed by atoms with van der Waals surface area (Å²) in [6.45, 7) is 0. The van der Waals surface area contributed by atoms with Crippen molar-refractivity contribution in [1.29, 1.82) is 0 Å². The van der Waals surface area contributed by atoms with Crippen molar-refractivity contribution in [3.63, 3.8) is 0 Å². The number of allylic oxidation sites excluding steroid dienone is 1. The fourth-order valence-corrected chi connectivity index (χ4v) is 7.35. The van der Waals surface area contributed by atoms with Crippen LogP contribution in [0.3, 0.4) is 0 Å². The van der Waals surface area contributed by atoms with Gasteiger partial charge in [0, 0.05) is 72.3 Å². The van der Waals surface area contributed by atoms with Crippen LogP contribution in [0, 0.1) is 0 Å². The number of hydrogen-bond acceptors (Lipinski definition) is 2. The molecule has 2 aromatic heterocycles. The van der Waals surface area contributed by atoms with Gasteiger partial charge in [-0.15, -0.1) is 0 Å². The van der Waals surface area contributed by atoms with Gasteiger partial charge in [0.25, 0.3) is 5.91 Å². The molecule has 2 aromatic rings. The van der Waals surface area contributed by atoms with Crippen LogP contribution < -0.4 is 0 Å². The van der Waals surface area contributed by atoms with E-state index < -0.39 is 0 Å². The van der Waals surface area contributed by atoms with Gasteiger partial charge >= 0.3 is 0 Å². The van der Waals surface area contributed by atoms with E-state index in [9.17, 15) is 0 Å². The molecule has 1 fully saturated rings. The molecule has 1 saturated heterocycles. The predicted molar refractivity (Wildman–Crippen MR) is 94.0 cm³/mol. The van der Waals surface area contributed by atoms with Crippen LogP contribution in [0.5, 0.6) is 0 Å². The molecule has 3 unspecified atom stereocenters. The summed E-state index contributed by atoms with van der Waals surface area (Å²) < 4.78 is 5.51. The van der Waals surface area contributed by atoms with Gasteiger partial charge in [-0.05, 0) is 43.5 Å². The fraction of sp³-hybridized carbons (Fsp3) is 0.524. The van der Waals surface area contributed by atoms with Crippen molar-refractivity contribution in [2.45, 2.75) is 69.0 Å². The Hall–Kier alpha value is -1.94. The summed E-state index contributed by atoms with van der Waals surface area (Å²) >= 11 is 0. The van der Waals surface area contributed by atoms with E-state index in [-0.39, 0.29) is 5.91 Å². The Kier molecular flexibility index (Phi) is 1.79. The van der Waals surface area contributed by atoms with Crippen LogP contribution in [-0.4, -0.2) is 37.1 Å². The molecule has 6 aliphatic rings. The molecule has 0 aromatic carbocycles. The van der Waals surface area contributed by atoms with E-state index in [0.717, 1.165) is 6.42 Å². The zero-order chi connectivity index (χ0) is 15.9. The fourth-order valence-electron chi connectivity index (χ4n) is 7.35. The van der Waals surface area contributed by atoms with Crippen LogP contribution in [0.25, 0.3) is 0 Å². The number of rotatable bonds is 0. The van der Waals surface area contributed by atoms with Crippen LogP contribution in [0.1, 0.15) is 42.0 Å². The highest BCUT2D eigenvalue weighted by Gasteiger charge is 2.65. The van der Waals surface area contributed by atoms with Crippen LogP contribution in [0.15, 0.2) is 36.0 Å². The van der Waals surface area contributed by atoms with Gasteiger partial charge in [0.1, 0.15) is 0 Å². The maximum Gasteiger partial charge on any atom is 0.264 e. The van der Waals surface area contributed by atoms with E-state index in [0.29, 0.717) is 18.1 Å². The van der Waals surface area contributed by atoms with Crippen LogP contribution in [-0.2, 0) is 31.6 Å². The van der Waals surface area contributed by atoms with Gasteiger partial charge in [-0.2, -0.15) is 0 Å². The molecule has 0 amide bonds. The van der Waals surface area contributed by atoms with Crippen molar-refractivity contribution in [3.05, 3.63) is 58.8 Å². The van der Waals surface area contributed by atoms with Gasteiger partial charge in [-0.3, -0.25) is 9.13 Å². The minimum atomic E-state index is -0.103. The van der Waals surface area contributed by atoms with Crippen molar-refractivity contribution < 1.29 is 0 Å². The molecule has 126 valence electrons. The molecule has 6 aliphatic heterocycles. The Morgan fingerprint density at radius 3 is 2.08 bits per heavy atom. The zero-order valence-electron chi connectivity index (χ0n) is 14.4. The minimum absolute atomic E-state index is 0.103. The van der Waals surface area contributed by atoms with Crippen molar-refractivity contribution in [2.75, 3.05) is 0 Å². The van der Waals surface area contributed by atoms with Crippen LogP contribution in [0.2, 0.25) is 0 Å². The summed E-state index contributed by atoms with van der Waals surface area (Å²) in [5, 5.41) is 0. The molecule has 0 radical (unpaired) electrons. The molecular formula is C21H22N4. The Bertz CT molecular complexity index is 988. The normalized spacial score (nSPS) is 38.6. The number of aromatic nitrogens is 2. The standard InChI is InChI=1S/C21H22N4/c1-2-14-10-16-5-6-18-12-20-8-7-19-11-17-4-3-15-9-13(1)22(14)21(23(15)17,24(16)18)25(19)20/h1-3,7-8,16-18H,4-6,9-12H2/t16?,17?,18?,21-/m0/s1. The highest BCUT2D eigenvalue weighted by Crippen LogP contribution is 2.56. The van der Waals surface area contributed by atoms with Crippen molar-refractivity contribution >= 4 is 0 Å². The summed E-state index contributed by atoms with van der Waals surface area (Å²) in [7, 11) is 0. The first-order chi connectivity index (χ1) is 12.4. The number of nitrogens with zero attached hydrogens (tertiary/aromatic N) is 4. The third-order valence-electron chi connectivity index (χ3n) is 7.97. The molecule has 8 heterocycles. The summed E-state index contributed by atoms with van der Waals surface area (Å²) in [4.78, 5) is 5.80. The summed E-state index contributed by atoms with van der Waals surface area (Å²) in [6.07, 6.45) is 11.3. The Morgan fingerprint density at radius 1 is 0.760 bits per heavy atom. The van der Waals surface area contributed by atoms with E-state index >= 15 is 0 Å². The predicted octanol–water partition coefficient (Wildman–Crippen LogP) is 2.42. The quantitative estimate of drug-likeness (QED) is 0.738. The SMILES string of the molecule is C1=C2Cc3ccc4n3[C@@]35N2C(C1)Cc1ccc(n13)CC1CCC(C4)N15. The molecular weight excluding hydrogens is 308 g/mol. The molecule has 4 nitrogen and oxygen atoms in total. The largest absolute Gasteiger partial charge is 0.318 e. The van der Waals surface area contributed by atoms with Gasteiger partial charge < -0.3 is 4.90 Å². The third kappa shape index (κ3) is 1.09. The average molecular weight is 330 g/mol. The smallest absolute Gasteiger partial charge is 0.264 e. The van der Waals surface area contributed by atoms with Crippen LogP contribution in [0.4, 0.5) is 0 Å². The molecule has 4 atom stereocenters. The summed E-state index contributed by atoms with van der Waals surface area (Å²) in [6, 6.07) is 11.8. The first kappa shape index (κ1) is 12.4. The second-order valence-corrected chi connectivity index (χ2v) is 8.94. The highest BCUT2D eigenvalue weighted by molar-refractivity contribution is 5.40.